The van der Waals surface area contributed by atoms with E-state index in [1.54, 1.807) is 38.1 Å². The highest BCUT2D eigenvalue weighted by Crippen LogP contribution is 2.37. The number of amides is 6. The van der Waals surface area contributed by atoms with Crippen LogP contribution in [0.2, 0.25) is 5.04 Å². The van der Waals surface area contributed by atoms with Crippen molar-refractivity contribution in [1.29, 1.82) is 0 Å². The standard InChI is InChI=1S/C55H69N7O13SSi/c1-8-36(2)47-52(67)56-30-31-76-37(3)48(61-54(69)74-33-38-18-12-9-13-19-38)53(68)59-45(35-75-77(55(4,5)6,41-20-14-10-15-21-41)42-22-16-11-17-23-42)50(65)57-43(28-29-46(63)72-7)49(64)58-44(51(66)60-47)34-73-32-39-24-26-40(27-25-39)62(70)71/h9-27,30-31,36-37,43-45,47-48H,8,28-29,32-35H2,1-7H3,(H,56,67)(H,57,65)(H,58,64)(H,59,68)(H,60,66)(H,61,69)/b31-30-/t36-,37-,43-,44-,45-,47-,48+/m0/s1. The van der Waals surface area contributed by atoms with Gasteiger partial charge < -0.3 is 50.5 Å². The third-order valence-corrected chi connectivity index (χ3v) is 19.0. The average Bonchev–Trinajstić information content (AvgIpc) is 3.44. The van der Waals surface area contributed by atoms with Gasteiger partial charge >= 0.3 is 12.1 Å². The molecule has 0 spiro atoms. The second kappa shape index (κ2) is 29.2. The molecule has 5 rings (SSSR count). The van der Waals surface area contributed by atoms with E-state index in [0.29, 0.717) is 17.5 Å². The molecule has 1 aliphatic rings. The Hall–Kier alpha value is -7.40. The predicted octanol–water partition coefficient (Wildman–Crippen LogP) is 4.64. The maximum absolute atomic E-state index is 15.1. The maximum atomic E-state index is 15.1. The summed E-state index contributed by atoms with van der Waals surface area (Å²) in [6.45, 7) is 10.1. The molecule has 1 heterocycles. The molecule has 0 aromatic heterocycles. The monoisotopic (exact) mass is 1100 g/mol. The molecule has 22 heteroatoms. The number of alkyl carbamates (subject to hydrolysis) is 1. The van der Waals surface area contributed by atoms with Crippen LogP contribution in [0.15, 0.2) is 127 Å². The number of nitro benzene ring substituents is 1. The topological polar surface area (TPSA) is 272 Å². The molecular weight excluding hydrogens is 1030 g/mol. The lowest BCUT2D eigenvalue weighted by Crippen LogP contribution is -2.68. The summed E-state index contributed by atoms with van der Waals surface area (Å²) in [6.07, 6.45) is 0.0845. The number of ether oxygens (including phenoxy) is 3. The van der Waals surface area contributed by atoms with Crippen molar-refractivity contribution in [2.75, 3.05) is 20.3 Å². The summed E-state index contributed by atoms with van der Waals surface area (Å²) >= 11 is 1.06. The van der Waals surface area contributed by atoms with E-state index in [1.807, 2.05) is 94.4 Å². The van der Waals surface area contributed by atoms with E-state index in [-0.39, 0.29) is 31.7 Å². The molecule has 0 bridgehead atoms. The molecule has 4 aromatic rings. The number of nitrogens with zero attached hydrogens (tertiary/aromatic N) is 1. The Labute approximate surface area is 453 Å². The normalized spacial score (nSPS) is 20.9. The van der Waals surface area contributed by atoms with Crippen LogP contribution in [0.5, 0.6) is 0 Å². The lowest BCUT2D eigenvalue weighted by molar-refractivity contribution is -0.384. The number of nitro groups is 1. The van der Waals surface area contributed by atoms with Gasteiger partial charge in [-0.05, 0) is 56.4 Å². The fourth-order valence-electron chi connectivity index (χ4n) is 8.47. The number of rotatable bonds is 18. The minimum Gasteiger partial charge on any atom is -0.469 e. The SMILES string of the molecule is CC[C@H](C)[C@@H]1NC(=O)[C@H](COCc2ccc([N+](=O)[O-])cc2)NC(=O)[C@H](CCC(=O)OC)NC(=O)[C@H](CO[Si](c2ccccc2)(c2ccccc2)C(C)(C)C)NC(=O)[C@H](NC(=O)OCc2ccccc2)[C@H](C)S/C=C\NC1=O. The zero-order valence-electron chi connectivity index (χ0n) is 44.3. The Kier molecular flexibility index (Phi) is 22.9. The van der Waals surface area contributed by atoms with E-state index in [0.717, 1.165) is 29.2 Å². The molecular formula is C55H69N7O13SSi. The van der Waals surface area contributed by atoms with Crippen molar-refractivity contribution < 1.29 is 57.1 Å². The number of nitrogens with one attached hydrogen (secondary N) is 6. The first kappa shape index (κ1) is 60.5. The van der Waals surface area contributed by atoms with Crippen molar-refractivity contribution in [3.8, 4) is 0 Å². The number of esters is 1. The highest BCUT2D eigenvalue weighted by molar-refractivity contribution is 8.02. The molecule has 0 saturated carbocycles. The van der Waals surface area contributed by atoms with Gasteiger partial charge in [0.2, 0.25) is 29.5 Å². The van der Waals surface area contributed by atoms with Crippen LogP contribution in [0.4, 0.5) is 10.5 Å². The molecule has 0 aliphatic carbocycles. The van der Waals surface area contributed by atoms with Crippen molar-refractivity contribution in [2.45, 2.75) is 115 Å². The molecule has 0 fully saturated rings. The predicted molar refractivity (Wildman–Crippen MR) is 293 cm³/mol. The minimum absolute atomic E-state index is 0.124. The molecule has 77 heavy (non-hydrogen) atoms. The van der Waals surface area contributed by atoms with Crippen LogP contribution in [-0.2, 0) is 60.6 Å². The van der Waals surface area contributed by atoms with Crippen molar-refractivity contribution in [2.24, 2.45) is 5.92 Å². The summed E-state index contributed by atoms with van der Waals surface area (Å²) in [6, 6.07) is 26.3. The number of non-ortho nitro benzene ring substituents is 1. The first-order chi connectivity index (χ1) is 36.8. The summed E-state index contributed by atoms with van der Waals surface area (Å²) < 4.78 is 23.5. The summed E-state index contributed by atoms with van der Waals surface area (Å²) in [5.41, 5.74) is 1.04. The summed E-state index contributed by atoms with van der Waals surface area (Å²) in [7, 11) is -2.29. The Balaban J connectivity index is 1.60. The fourth-order valence-corrected chi connectivity index (χ4v) is 13.8. The molecule has 4 aromatic carbocycles. The van der Waals surface area contributed by atoms with Crippen molar-refractivity contribution in [3.05, 3.63) is 148 Å². The molecule has 0 radical (unpaired) electrons. The number of hydrogen-bond acceptors (Lipinski definition) is 14. The van der Waals surface area contributed by atoms with E-state index in [1.165, 1.54) is 35.9 Å². The van der Waals surface area contributed by atoms with Crippen LogP contribution in [0.1, 0.15) is 71.9 Å². The highest BCUT2D eigenvalue weighted by Gasteiger charge is 2.51. The van der Waals surface area contributed by atoms with Crippen LogP contribution in [0.3, 0.4) is 0 Å². The van der Waals surface area contributed by atoms with Gasteiger partial charge in [-0.3, -0.25) is 38.9 Å². The van der Waals surface area contributed by atoms with Gasteiger partial charge in [0, 0.05) is 30.0 Å². The van der Waals surface area contributed by atoms with Gasteiger partial charge in [-0.15, -0.1) is 11.8 Å². The largest absolute Gasteiger partial charge is 0.469 e. The van der Waals surface area contributed by atoms with E-state index in [9.17, 15) is 38.9 Å². The molecule has 0 saturated heterocycles. The summed E-state index contributed by atoms with van der Waals surface area (Å²) in [5, 5.41) is 29.3. The molecule has 1 aliphatic heterocycles. The van der Waals surface area contributed by atoms with E-state index in [2.05, 4.69) is 31.9 Å². The molecule has 20 nitrogen and oxygen atoms in total. The average molecular weight is 1100 g/mol. The van der Waals surface area contributed by atoms with Crippen LogP contribution in [0, 0.1) is 16.0 Å². The fraction of sp³-hybridized carbons (Fsp3) is 0.400. The van der Waals surface area contributed by atoms with Crippen LogP contribution in [-0.4, -0.2) is 111 Å². The molecule has 0 unspecified atom stereocenters. The van der Waals surface area contributed by atoms with Gasteiger partial charge in [0.1, 0.15) is 36.8 Å². The number of carbonyl (C=O) groups is 7. The number of methoxy groups -OCH3 is 1. The maximum Gasteiger partial charge on any atom is 0.408 e. The second-order valence-corrected chi connectivity index (χ2v) is 25.0. The van der Waals surface area contributed by atoms with Gasteiger partial charge in [0.05, 0.1) is 31.9 Å². The Bertz CT molecular complexity index is 2620. The van der Waals surface area contributed by atoms with Gasteiger partial charge in [-0.25, -0.2) is 4.79 Å². The Morgan fingerprint density at radius 2 is 1.26 bits per heavy atom. The zero-order chi connectivity index (χ0) is 56.1. The number of benzene rings is 4. The van der Waals surface area contributed by atoms with Gasteiger partial charge in [0.15, 0.2) is 0 Å². The van der Waals surface area contributed by atoms with Crippen LogP contribution in [0.25, 0.3) is 0 Å². The smallest absolute Gasteiger partial charge is 0.408 e. The number of thioether (sulfide) groups is 1. The van der Waals surface area contributed by atoms with Crippen molar-refractivity contribution in [3.63, 3.8) is 0 Å². The Morgan fingerprint density at radius 1 is 0.727 bits per heavy atom. The number of carbonyl (C=O) groups excluding carboxylic acids is 7. The van der Waals surface area contributed by atoms with Crippen LogP contribution < -0.4 is 42.3 Å². The van der Waals surface area contributed by atoms with Gasteiger partial charge in [-0.1, -0.05) is 139 Å². The minimum atomic E-state index is -3.44. The highest BCUT2D eigenvalue weighted by atomic mass is 32.2. The van der Waals surface area contributed by atoms with Crippen molar-refractivity contribution in [1.82, 2.24) is 31.9 Å². The first-order valence-electron chi connectivity index (χ1n) is 25.2. The summed E-state index contributed by atoms with van der Waals surface area (Å²) in [5.74, 6) is -5.32. The van der Waals surface area contributed by atoms with Crippen LogP contribution >= 0.6 is 11.8 Å². The second-order valence-electron chi connectivity index (χ2n) is 19.4. The quantitative estimate of drug-likeness (QED) is 0.0343. The lowest BCUT2D eigenvalue weighted by Gasteiger charge is -2.43. The van der Waals surface area contributed by atoms with E-state index < -0.39 is 114 Å². The first-order valence-corrected chi connectivity index (χ1v) is 28.0. The third-order valence-electron chi connectivity index (χ3n) is 13.0. The van der Waals surface area contributed by atoms with E-state index in [4.69, 9.17) is 18.6 Å². The molecule has 6 amide bonds. The van der Waals surface area contributed by atoms with Gasteiger partial charge in [-0.2, -0.15) is 0 Å². The van der Waals surface area contributed by atoms with E-state index >= 15 is 4.79 Å². The zero-order valence-corrected chi connectivity index (χ0v) is 46.1. The Morgan fingerprint density at radius 3 is 1.83 bits per heavy atom. The third kappa shape index (κ3) is 17.3. The molecule has 6 N–H and O–H groups in total. The molecule has 7 atom stereocenters. The molecule has 412 valence electrons. The van der Waals surface area contributed by atoms with Crippen molar-refractivity contribution >= 4 is 77.7 Å². The number of hydrogen-bond donors (Lipinski definition) is 6. The van der Waals surface area contributed by atoms with Gasteiger partial charge in [0.25, 0.3) is 14.0 Å². The lowest BCUT2D eigenvalue weighted by atomic mass is 9.98. The summed E-state index contributed by atoms with van der Waals surface area (Å²) in [4.78, 5) is 110.